The number of oxazole rings is 1. The third-order valence-electron chi connectivity index (χ3n) is 2.88. The van der Waals surface area contributed by atoms with Crippen molar-refractivity contribution in [3.8, 4) is 0 Å². The molecule has 0 aliphatic carbocycles. The molecule has 0 atom stereocenters. The first-order chi connectivity index (χ1) is 11.0. The molecule has 0 fully saturated rings. The van der Waals surface area contributed by atoms with Crippen molar-refractivity contribution in [2.75, 3.05) is 11.1 Å². The summed E-state index contributed by atoms with van der Waals surface area (Å²) >= 11 is 6.86. The predicted molar refractivity (Wildman–Crippen MR) is 84.7 cm³/mol. The Labute approximate surface area is 138 Å². The van der Waals surface area contributed by atoms with Gasteiger partial charge in [-0.15, -0.1) is 0 Å². The summed E-state index contributed by atoms with van der Waals surface area (Å²) in [5.41, 5.74) is 0.639. The number of hydrogen-bond donors (Lipinski definition) is 1. The fraction of sp³-hybridized carbons (Fsp3) is 0.0667. The third kappa shape index (κ3) is 3.62. The van der Waals surface area contributed by atoms with Crippen molar-refractivity contribution >= 4 is 46.1 Å². The van der Waals surface area contributed by atoms with Gasteiger partial charge in [0.1, 0.15) is 22.8 Å². The lowest BCUT2D eigenvalue weighted by atomic mass is 10.3. The number of amides is 1. The van der Waals surface area contributed by atoms with Crippen molar-refractivity contribution in [2.24, 2.45) is 0 Å². The van der Waals surface area contributed by atoms with Crippen LogP contribution in [0.3, 0.4) is 0 Å². The molecule has 0 aliphatic heterocycles. The molecular formula is C15H9ClF2N2O2S. The highest BCUT2D eigenvalue weighted by molar-refractivity contribution is 7.99. The molecule has 2 aromatic carbocycles. The van der Waals surface area contributed by atoms with E-state index in [1.165, 1.54) is 6.07 Å². The lowest BCUT2D eigenvalue weighted by Crippen LogP contribution is -2.16. The van der Waals surface area contributed by atoms with Gasteiger partial charge in [0.05, 0.1) is 5.75 Å². The van der Waals surface area contributed by atoms with E-state index >= 15 is 0 Å². The Kier molecular flexibility index (Phi) is 4.49. The van der Waals surface area contributed by atoms with Gasteiger partial charge in [0.2, 0.25) is 5.91 Å². The van der Waals surface area contributed by atoms with Gasteiger partial charge in [-0.25, -0.2) is 13.8 Å². The summed E-state index contributed by atoms with van der Waals surface area (Å²) in [4.78, 5) is 16.0. The summed E-state index contributed by atoms with van der Waals surface area (Å²) in [6.07, 6.45) is 0. The number of hydrogen-bond acceptors (Lipinski definition) is 4. The zero-order chi connectivity index (χ0) is 16.4. The van der Waals surface area contributed by atoms with Gasteiger partial charge in [-0.1, -0.05) is 29.4 Å². The Balaban J connectivity index is 1.66. The Morgan fingerprint density at radius 3 is 2.74 bits per heavy atom. The Bertz CT molecular complexity index is 865. The smallest absolute Gasteiger partial charge is 0.257 e. The first kappa shape index (κ1) is 15.8. The van der Waals surface area contributed by atoms with Crippen LogP contribution in [0.4, 0.5) is 14.5 Å². The average molecular weight is 355 g/mol. The van der Waals surface area contributed by atoms with E-state index in [9.17, 15) is 13.6 Å². The number of fused-ring (bicyclic) bond motifs is 1. The minimum atomic E-state index is -0.833. The van der Waals surface area contributed by atoms with Crippen LogP contribution in [-0.2, 0) is 4.79 Å². The second kappa shape index (κ2) is 6.55. The summed E-state index contributed by atoms with van der Waals surface area (Å²) < 4.78 is 32.3. The SMILES string of the molecule is O=C(CSc1nc2ccc(Cl)cc2o1)Nc1c(F)cccc1F. The van der Waals surface area contributed by atoms with Crippen molar-refractivity contribution < 1.29 is 18.0 Å². The molecule has 1 N–H and O–H groups in total. The maximum absolute atomic E-state index is 13.4. The standard InChI is InChI=1S/C15H9ClF2N2O2S/c16-8-4-5-11-12(6-8)22-15(19-11)23-7-13(21)20-14-9(17)2-1-3-10(14)18/h1-6H,7H2,(H,20,21). The van der Waals surface area contributed by atoms with Crippen molar-refractivity contribution in [3.05, 3.63) is 53.1 Å². The zero-order valence-corrected chi connectivity index (χ0v) is 13.0. The van der Waals surface area contributed by atoms with E-state index in [0.717, 1.165) is 23.9 Å². The molecule has 3 rings (SSSR count). The van der Waals surface area contributed by atoms with Crippen LogP contribution in [0.25, 0.3) is 11.1 Å². The average Bonchev–Trinajstić information content (AvgIpc) is 2.91. The van der Waals surface area contributed by atoms with Crippen LogP contribution in [-0.4, -0.2) is 16.6 Å². The number of carbonyl (C=O) groups is 1. The van der Waals surface area contributed by atoms with Crippen LogP contribution in [0.15, 0.2) is 46.0 Å². The summed E-state index contributed by atoms with van der Waals surface area (Å²) in [5, 5.41) is 2.97. The molecule has 0 unspecified atom stereocenters. The number of halogens is 3. The molecule has 118 valence electrons. The van der Waals surface area contributed by atoms with Crippen LogP contribution in [0.2, 0.25) is 5.02 Å². The summed E-state index contributed by atoms with van der Waals surface area (Å²) in [7, 11) is 0. The van der Waals surface area contributed by atoms with Crippen molar-refractivity contribution in [2.45, 2.75) is 5.22 Å². The Hall–Kier alpha value is -2.12. The van der Waals surface area contributed by atoms with Gasteiger partial charge in [0, 0.05) is 11.1 Å². The van der Waals surface area contributed by atoms with Gasteiger partial charge in [0.25, 0.3) is 5.22 Å². The quantitative estimate of drug-likeness (QED) is 0.701. The van der Waals surface area contributed by atoms with E-state index in [1.54, 1.807) is 18.2 Å². The largest absolute Gasteiger partial charge is 0.431 e. The van der Waals surface area contributed by atoms with Crippen LogP contribution in [0.1, 0.15) is 0 Å². The molecule has 8 heteroatoms. The zero-order valence-electron chi connectivity index (χ0n) is 11.5. The molecule has 0 saturated heterocycles. The highest BCUT2D eigenvalue weighted by atomic mass is 35.5. The molecule has 1 heterocycles. The second-order valence-electron chi connectivity index (χ2n) is 4.53. The Morgan fingerprint density at radius 1 is 1.26 bits per heavy atom. The number of nitrogens with zero attached hydrogens (tertiary/aromatic N) is 1. The lowest BCUT2D eigenvalue weighted by Gasteiger charge is -2.06. The number of aromatic nitrogens is 1. The molecule has 23 heavy (non-hydrogen) atoms. The fourth-order valence-electron chi connectivity index (χ4n) is 1.86. The first-order valence-electron chi connectivity index (χ1n) is 6.45. The van der Waals surface area contributed by atoms with Gasteiger partial charge < -0.3 is 9.73 Å². The molecule has 0 saturated carbocycles. The van der Waals surface area contributed by atoms with Gasteiger partial charge in [-0.05, 0) is 24.3 Å². The molecule has 0 radical (unpaired) electrons. The maximum atomic E-state index is 13.4. The first-order valence-corrected chi connectivity index (χ1v) is 7.82. The Morgan fingerprint density at radius 2 is 2.00 bits per heavy atom. The molecule has 0 bridgehead atoms. The maximum Gasteiger partial charge on any atom is 0.257 e. The monoisotopic (exact) mass is 354 g/mol. The van der Waals surface area contributed by atoms with Crippen LogP contribution >= 0.6 is 23.4 Å². The van der Waals surface area contributed by atoms with Gasteiger partial charge >= 0.3 is 0 Å². The minimum Gasteiger partial charge on any atom is -0.431 e. The third-order valence-corrected chi connectivity index (χ3v) is 3.95. The molecule has 0 aliphatic rings. The molecule has 3 aromatic rings. The highest BCUT2D eigenvalue weighted by Gasteiger charge is 2.14. The van der Waals surface area contributed by atoms with E-state index in [0.29, 0.717) is 16.1 Å². The number of para-hydroxylation sites is 1. The van der Waals surface area contributed by atoms with Gasteiger partial charge in [-0.3, -0.25) is 4.79 Å². The fourth-order valence-corrected chi connectivity index (χ4v) is 2.66. The summed E-state index contributed by atoms with van der Waals surface area (Å²) in [6, 6.07) is 8.34. The highest BCUT2D eigenvalue weighted by Crippen LogP contribution is 2.26. The second-order valence-corrected chi connectivity index (χ2v) is 5.89. The number of rotatable bonds is 4. The molecule has 1 amide bonds. The molecular weight excluding hydrogens is 346 g/mol. The number of anilines is 1. The molecule has 0 spiro atoms. The summed E-state index contributed by atoms with van der Waals surface area (Å²) in [5.74, 6) is -2.34. The normalized spacial score (nSPS) is 10.9. The summed E-state index contributed by atoms with van der Waals surface area (Å²) in [6.45, 7) is 0. The number of carbonyl (C=O) groups excluding carboxylic acids is 1. The number of benzene rings is 2. The number of thioether (sulfide) groups is 1. The molecule has 1 aromatic heterocycles. The topological polar surface area (TPSA) is 55.1 Å². The van der Waals surface area contributed by atoms with Crippen LogP contribution in [0.5, 0.6) is 0 Å². The van der Waals surface area contributed by atoms with E-state index < -0.39 is 23.2 Å². The van der Waals surface area contributed by atoms with E-state index in [4.69, 9.17) is 16.0 Å². The van der Waals surface area contributed by atoms with Crippen molar-refractivity contribution in [1.82, 2.24) is 4.98 Å². The van der Waals surface area contributed by atoms with E-state index in [2.05, 4.69) is 10.3 Å². The minimum absolute atomic E-state index is 0.103. The van der Waals surface area contributed by atoms with Crippen LogP contribution < -0.4 is 5.32 Å². The lowest BCUT2D eigenvalue weighted by molar-refractivity contribution is -0.113. The van der Waals surface area contributed by atoms with Gasteiger partial charge in [-0.2, -0.15) is 0 Å². The van der Waals surface area contributed by atoms with Gasteiger partial charge in [0.15, 0.2) is 5.58 Å². The predicted octanol–water partition coefficient (Wildman–Crippen LogP) is 4.49. The van der Waals surface area contributed by atoms with E-state index in [1.807, 2.05) is 0 Å². The number of nitrogens with one attached hydrogen (secondary N) is 1. The van der Waals surface area contributed by atoms with E-state index in [-0.39, 0.29) is 11.0 Å². The van der Waals surface area contributed by atoms with Crippen molar-refractivity contribution in [3.63, 3.8) is 0 Å². The van der Waals surface area contributed by atoms with Crippen LogP contribution in [0, 0.1) is 11.6 Å². The molecule has 4 nitrogen and oxygen atoms in total. The van der Waals surface area contributed by atoms with Crippen molar-refractivity contribution in [1.29, 1.82) is 0 Å².